The SMILES string of the molecule is C/C=C/C=C/C(C)=O.C=C.CC. The smallest absolute Gasteiger partial charge is 0.152 e. The Morgan fingerprint density at radius 2 is 1.58 bits per heavy atom. The van der Waals surface area contributed by atoms with Gasteiger partial charge in [-0.3, -0.25) is 4.79 Å². The summed E-state index contributed by atoms with van der Waals surface area (Å²) < 4.78 is 0. The highest BCUT2D eigenvalue weighted by Crippen LogP contribution is 1.76. The third kappa shape index (κ3) is 36.6. The monoisotopic (exact) mass is 168 g/mol. The second-order valence-corrected chi connectivity index (χ2v) is 1.50. The Hall–Kier alpha value is -1.11. The molecular formula is C11H20O. The highest BCUT2D eigenvalue weighted by Gasteiger charge is 1.74. The van der Waals surface area contributed by atoms with Crippen LogP contribution in [0.1, 0.15) is 27.7 Å². The summed E-state index contributed by atoms with van der Waals surface area (Å²) in [4.78, 5) is 10.2. The Labute approximate surface area is 76.5 Å². The lowest BCUT2D eigenvalue weighted by molar-refractivity contribution is -0.112. The molecule has 0 bridgehead atoms. The van der Waals surface area contributed by atoms with Crippen LogP contribution in [0.4, 0.5) is 0 Å². The average Bonchev–Trinajstić information content (AvgIpc) is 2.12. The molecule has 70 valence electrons. The molecule has 0 N–H and O–H groups in total. The minimum atomic E-state index is 0.0862. The predicted octanol–water partition coefficient (Wildman–Crippen LogP) is 3.54. The number of carbonyl (C=O) groups is 1. The summed E-state index contributed by atoms with van der Waals surface area (Å²) in [6.45, 7) is 13.4. The van der Waals surface area contributed by atoms with Gasteiger partial charge in [0.2, 0.25) is 0 Å². The number of rotatable bonds is 2. The highest BCUT2D eigenvalue weighted by atomic mass is 16.1. The first-order chi connectivity index (χ1) is 5.77. The van der Waals surface area contributed by atoms with Crippen LogP contribution in [0.2, 0.25) is 0 Å². The number of allylic oxidation sites excluding steroid dienone is 4. The minimum Gasteiger partial charge on any atom is -0.295 e. The molecule has 0 atom stereocenters. The van der Waals surface area contributed by atoms with Crippen molar-refractivity contribution >= 4 is 5.78 Å². The fraction of sp³-hybridized carbons (Fsp3) is 0.364. The first-order valence-electron chi connectivity index (χ1n) is 4.07. The summed E-state index contributed by atoms with van der Waals surface area (Å²) in [5.74, 6) is 0.0862. The summed E-state index contributed by atoms with van der Waals surface area (Å²) >= 11 is 0. The minimum absolute atomic E-state index is 0.0862. The molecule has 0 fully saturated rings. The van der Waals surface area contributed by atoms with Crippen LogP contribution < -0.4 is 0 Å². The normalized spacial score (nSPS) is 8.33. The largest absolute Gasteiger partial charge is 0.295 e. The van der Waals surface area contributed by atoms with Gasteiger partial charge in [-0.05, 0) is 19.9 Å². The van der Waals surface area contributed by atoms with Crippen LogP contribution in [0.3, 0.4) is 0 Å². The van der Waals surface area contributed by atoms with E-state index in [0.29, 0.717) is 0 Å². The molecule has 0 saturated heterocycles. The molecule has 0 rings (SSSR count). The Morgan fingerprint density at radius 1 is 1.17 bits per heavy atom. The zero-order valence-electron chi connectivity index (χ0n) is 8.63. The van der Waals surface area contributed by atoms with E-state index in [1.165, 1.54) is 13.0 Å². The molecule has 0 heterocycles. The van der Waals surface area contributed by atoms with Gasteiger partial charge in [0.1, 0.15) is 0 Å². The van der Waals surface area contributed by atoms with Crippen molar-refractivity contribution < 1.29 is 4.79 Å². The van der Waals surface area contributed by atoms with Crippen molar-refractivity contribution in [2.24, 2.45) is 0 Å². The molecule has 1 nitrogen and oxygen atoms in total. The molecule has 0 spiro atoms. The van der Waals surface area contributed by atoms with Gasteiger partial charge in [-0.15, -0.1) is 13.2 Å². The summed E-state index contributed by atoms with van der Waals surface area (Å²) in [5, 5.41) is 0. The van der Waals surface area contributed by atoms with Crippen molar-refractivity contribution in [3.63, 3.8) is 0 Å². The average molecular weight is 168 g/mol. The van der Waals surface area contributed by atoms with E-state index in [2.05, 4.69) is 13.2 Å². The van der Waals surface area contributed by atoms with Crippen molar-refractivity contribution in [3.05, 3.63) is 37.5 Å². The van der Waals surface area contributed by atoms with E-state index in [0.717, 1.165) is 0 Å². The van der Waals surface area contributed by atoms with Gasteiger partial charge < -0.3 is 0 Å². The number of carbonyl (C=O) groups excluding carboxylic acids is 1. The van der Waals surface area contributed by atoms with Crippen molar-refractivity contribution in [2.75, 3.05) is 0 Å². The van der Waals surface area contributed by atoms with E-state index in [-0.39, 0.29) is 5.78 Å². The Balaban J connectivity index is -0.000000175. The van der Waals surface area contributed by atoms with Crippen LogP contribution in [0, 0.1) is 0 Å². The summed E-state index contributed by atoms with van der Waals surface area (Å²) in [6.07, 6.45) is 6.95. The predicted molar refractivity (Wildman–Crippen MR) is 57.2 cm³/mol. The van der Waals surface area contributed by atoms with E-state index in [9.17, 15) is 4.79 Å². The topological polar surface area (TPSA) is 17.1 Å². The van der Waals surface area contributed by atoms with Gasteiger partial charge in [0, 0.05) is 0 Å². The van der Waals surface area contributed by atoms with Crippen molar-refractivity contribution in [1.82, 2.24) is 0 Å². The van der Waals surface area contributed by atoms with Crippen LogP contribution in [0.5, 0.6) is 0 Å². The quantitative estimate of drug-likeness (QED) is 0.350. The van der Waals surface area contributed by atoms with Crippen molar-refractivity contribution in [1.29, 1.82) is 0 Å². The molecule has 0 aliphatic rings. The molecule has 1 heteroatoms. The zero-order valence-corrected chi connectivity index (χ0v) is 8.63. The molecule has 0 radical (unpaired) electrons. The van der Waals surface area contributed by atoms with Gasteiger partial charge in [0.15, 0.2) is 5.78 Å². The molecule has 0 amide bonds. The standard InChI is InChI=1S/C7H10O.C2H6.C2H4/c1-3-4-5-6-7(2)8;2*1-2/h3-6H,1-2H3;1-2H3;1-2H2/b4-3+,6-5+;;. The Morgan fingerprint density at radius 3 is 1.83 bits per heavy atom. The summed E-state index contributed by atoms with van der Waals surface area (Å²) in [5.41, 5.74) is 0. The molecule has 0 saturated carbocycles. The molecule has 0 unspecified atom stereocenters. The second-order valence-electron chi connectivity index (χ2n) is 1.50. The molecular weight excluding hydrogens is 148 g/mol. The van der Waals surface area contributed by atoms with Gasteiger partial charge in [-0.2, -0.15) is 0 Å². The van der Waals surface area contributed by atoms with Gasteiger partial charge in [-0.25, -0.2) is 0 Å². The third-order valence-electron chi connectivity index (χ3n) is 0.634. The molecule has 0 aliphatic carbocycles. The lowest BCUT2D eigenvalue weighted by Gasteiger charge is -1.72. The fourth-order valence-corrected chi connectivity index (χ4v) is 0.302. The highest BCUT2D eigenvalue weighted by molar-refractivity contribution is 5.87. The third-order valence-corrected chi connectivity index (χ3v) is 0.634. The summed E-state index contributed by atoms with van der Waals surface area (Å²) in [6, 6.07) is 0. The van der Waals surface area contributed by atoms with Gasteiger partial charge in [-0.1, -0.05) is 32.1 Å². The van der Waals surface area contributed by atoms with Crippen LogP contribution in [-0.4, -0.2) is 5.78 Å². The van der Waals surface area contributed by atoms with Crippen LogP contribution in [0.25, 0.3) is 0 Å². The first kappa shape index (κ1) is 17.1. The lowest BCUT2D eigenvalue weighted by atomic mass is 10.4. The number of hydrogen-bond acceptors (Lipinski definition) is 1. The lowest BCUT2D eigenvalue weighted by Crippen LogP contribution is -1.76. The van der Waals surface area contributed by atoms with E-state index < -0.39 is 0 Å². The van der Waals surface area contributed by atoms with E-state index >= 15 is 0 Å². The molecule has 12 heavy (non-hydrogen) atoms. The van der Waals surface area contributed by atoms with Crippen LogP contribution in [0.15, 0.2) is 37.5 Å². The number of ketones is 1. The van der Waals surface area contributed by atoms with Gasteiger partial charge >= 0.3 is 0 Å². The number of hydrogen-bond donors (Lipinski definition) is 0. The Bertz CT molecular complexity index is 132. The zero-order chi connectivity index (χ0) is 10.4. The molecule has 0 aliphatic heterocycles. The molecule has 0 aromatic carbocycles. The van der Waals surface area contributed by atoms with Gasteiger partial charge in [0.05, 0.1) is 0 Å². The van der Waals surface area contributed by atoms with Crippen molar-refractivity contribution in [3.8, 4) is 0 Å². The van der Waals surface area contributed by atoms with E-state index in [1.807, 2.05) is 32.9 Å². The first-order valence-corrected chi connectivity index (χ1v) is 4.07. The van der Waals surface area contributed by atoms with Crippen molar-refractivity contribution in [2.45, 2.75) is 27.7 Å². The van der Waals surface area contributed by atoms with E-state index in [4.69, 9.17) is 0 Å². The van der Waals surface area contributed by atoms with Crippen LogP contribution >= 0.6 is 0 Å². The maximum Gasteiger partial charge on any atom is 0.152 e. The maximum absolute atomic E-state index is 10.2. The maximum atomic E-state index is 10.2. The second kappa shape index (κ2) is 22.5. The molecule has 0 aromatic heterocycles. The fourth-order valence-electron chi connectivity index (χ4n) is 0.302. The van der Waals surface area contributed by atoms with E-state index in [1.54, 1.807) is 6.08 Å². The Kier molecular flexibility index (Phi) is 32.1. The molecule has 0 aromatic rings. The van der Waals surface area contributed by atoms with Gasteiger partial charge in [0.25, 0.3) is 0 Å². The van der Waals surface area contributed by atoms with Crippen LogP contribution in [-0.2, 0) is 4.79 Å². The summed E-state index contributed by atoms with van der Waals surface area (Å²) in [7, 11) is 0.